The predicted molar refractivity (Wildman–Crippen MR) is 71.6 cm³/mol. The third-order valence-electron chi connectivity index (χ3n) is 2.63. The number of rotatable bonds is 3. The molecule has 0 saturated heterocycles. The van der Waals surface area contributed by atoms with Gasteiger partial charge < -0.3 is 9.90 Å². The standard InChI is InChI=1S/C14H8Cl2O3/c15-9-5-8(7-17)13(12(16)6-9)10-3-1-2-4-11(10)14(18)19/h1-7H,(H,18,19)/p-1. The van der Waals surface area contributed by atoms with Gasteiger partial charge in [-0.25, -0.2) is 0 Å². The van der Waals surface area contributed by atoms with E-state index in [4.69, 9.17) is 23.2 Å². The highest BCUT2D eigenvalue weighted by molar-refractivity contribution is 6.37. The summed E-state index contributed by atoms with van der Waals surface area (Å²) < 4.78 is 0. The van der Waals surface area contributed by atoms with E-state index < -0.39 is 5.97 Å². The van der Waals surface area contributed by atoms with Crippen LogP contribution in [0.1, 0.15) is 20.7 Å². The van der Waals surface area contributed by atoms with Crippen LogP contribution in [0.15, 0.2) is 36.4 Å². The molecule has 96 valence electrons. The number of hydrogen-bond acceptors (Lipinski definition) is 3. The molecular formula is C14H7Cl2O3-. The lowest BCUT2D eigenvalue weighted by molar-refractivity contribution is -0.254. The molecule has 0 radical (unpaired) electrons. The average Bonchev–Trinajstić information content (AvgIpc) is 2.37. The number of hydrogen-bond donors (Lipinski definition) is 0. The van der Waals surface area contributed by atoms with Crippen molar-refractivity contribution in [3.05, 3.63) is 57.6 Å². The van der Waals surface area contributed by atoms with Gasteiger partial charge in [-0.3, -0.25) is 4.79 Å². The number of aldehydes is 1. The Labute approximate surface area is 119 Å². The third kappa shape index (κ3) is 2.62. The van der Waals surface area contributed by atoms with Crippen molar-refractivity contribution >= 4 is 35.5 Å². The Morgan fingerprint density at radius 1 is 1.16 bits per heavy atom. The largest absolute Gasteiger partial charge is 0.545 e. The van der Waals surface area contributed by atoms with Crippen LogP contribution in [0.2, 0.25) is 10.0 Å². The predicted octanol–water partition coefficient (Wildman–Crippen LogP) is 2.84. The highest BCUT2D eigenvalue weighted by Crippen LogP contribution is 2.35. The normalized spacial score (nSPS) is 10.2. The minimum atomic E-state index is -1.33. The number of carbonyl (C=O) groups excluding carboxylic acids is 2. The van der Waals surface area contributed by atoms with Gasteiger partial charge in [0.1, 0.15) is 0 Å². The fourth-order valence-electron chi connectivity index (χ4n) is 1.85. The van der Waals surface area contributed by atoms with Crippen LogP contribution in [0.25, 0.3) is 11.1 Å². The molecule has 0 fully saturated rings. The van der Waals surface area contributed by atoms with E-state index in [1.807, 2.05) is 0 Å². The lowest BCUT2D eigenvalue weighted by Gasteiger charge is -2.14. The molecule has 2 rings (SSSR count). The second-order valence-corrected chi connectivity index (χ2v) is 4.65. The van der Waals surface area contributed by atoms with Crippen molar-refractivity contribution in [3.63, 3.8) is 0 Å². The molecule has 5 heteroatoms. The van der Waals surface area contributed by atoms with E-state index in [2.05, 4.69) is 0 Å². The van der Waals surface area contributed by atoms with Crippen molar-refractivity contribution in [3.8, 4) is 11.1 Å². The highest BCUT2D eigenvalue weighted by atomic mass is 35.5. The van der Waals surface area contributed by atoms with Crippen molar-refractivity contribution in [1.29, 1.82) is 0 Å². The van der Waals surface area contributed by atoms with E-state index in [-0.39, 0.29) is 16.1 Å². The molecule has 2 aromatic carbocycles. The molecule has 0 aliphatic carbocycles. The van der Waals surface area contributed by atoms with Crippen LogP contribution in [0.3, 0.4) is 0 Å². The van der Waals surface area contributed by atoms with Crippen LogP contribution in [0, 0.1) is 0 Å². The van der Waals surface area contributed by atoms with Gasteiger partial charge in [-0.2, -0.15) is 0 Å². The van der Waals surface area contributed by atoms with Crippen LogP contribution in [-0.4, -0.2) is 12.3 Å². The van der Waals surface area contributed by atoms with E-state index in [0.29, 0.717) is 22.4 Å². The molecule has 0 spiro atoms. The molecule has 0 aliphatic heterocycles. The van der Waals surface area contributed by atoms with E-state index >= 15 is 0 Å². The minimum Gasteiger partial charge on any atom is -0.545 e. The van der Waals surface area contributed by atoms with Crippen molar-refractivity contribution in [2.45, 2.75) is 0 Å². The maximum absolute atomic E-state index is 11.1. The Kier molecular flexibility index (Phi) is 3.88. The summed E-state index contributed by atoms with van der Waals surface area (Å²) in [5.74, 6) is -1.33. The monoisotopic (exact) mass is 293 g/mol. The van der Waals surface area contributed by atoms with Gasteiger partial charge in [0.2, 0.25) is 0 Å². The minimum absolute atomic E-state index is 0.0326. The number of halogens is 2. The zero-order valence-electron chi connectivity index (χ0n) is 9.52. The van der Waals surface area contributed by atoms with Gasteiger partial charge in [0.15, 0.2) is 6.29 Å². The smallest absolute Gasteiger partial charge is 0.150 e. The molecule has 2 aromatic rings. The summed E-state index contributed by atoms with van der Waals surface area (Å²) in [4.78, 5) is 22.2. The van der Waals surface area contributed by atoms with Gasteiger partial charge in [0.25, 0.3) is 0 Å². The van der Waals surface area contributed by atoms with E-state index in [1.165, 1.54) is 18.2 Å². The van der Waals surface area contributed by atoms with Crippen LogP contribution >= 0.6 is 23.2 Å². The van der Waals surface area contributed by atoms with Gasteiger partial charge in [-0.05, 0) is 17.7 Å². The summed E-state index contributed by atoms with van der Waals surface area (Å²) in [5.41, 5.74) is 0.855. The quantitative estimate of drug-likeness (QED) is 0.818. The summed E-state index contributed by atoms with van der Waals surface area (Å²) in [6.45, 7) is 0. The molecule has 0 aliphatic rings. The first-order valence-corrected chi connectivity index (χ1v) is 6.05. The van der Waals surface area contributed by atoms with Crippen molar-refractivity contribution in [2.24, 2.45) is 0 Å². The molecule has 3 nitrogen and oxygen atoms in total. The SMILES string of the molecule is O=Cc1cc(Cl)cc(Cl)c1-c1ccccc1C(=O)[O-]. The van der Waals surface area contributed by atoms with Gasteiger partial charge in [-0.15, -0.1) is 0 Å². The Bertz CT molecular complexity index is 666. The van der Waals surface area contributed by atoms with E-state index in [0.717, 1.165) is 0 Å². The summed E-state index contributed by atoms with van der Waals surface area (Å²) in [6.07, 6.45) is 0.582. The fraction of sp³-hybridized carbons (Fsp3) is 0. The Morgan fingerprint density at radius 3 is 2.47 bits per heavy atom. The number of carboxylic acids is 1. The van der Waals surface area contributed by atoms with E-state index in [9.17, 15) is 14.7 Å². The number of aromatic carboxylic acids is 1. The molecule has 0 saturated carbocycles. The zero-order chi connectivity index (χ0) is 14.0. The molecule has 0 heterocycles. The number of benzene rings is 2. The van der Waals surface area contributed by atoms with Crippen LogP contribution in [-0.2, 0) is 0 Å². The molecule has 0 N–H and O–H groups in total. The molecule has 0 unspecified atom stereocenters. The number of carboxylic acid groups (broad SMARTS) is 1. The zero-order valence-corrected chi connectivity index (χ0v) is 11.0. The molecular weight excluding hydrogens is 287 g/mol. The van der Waals surface area contributed by atoms with Crippen LogP contribution in [0.5, 0.6) is 0 Å². The molecule has 0 amide bonds. The topological polar surface area (TPSA) is 57.2 Å². The van der Waals surface area contributed by atoms with Gasteiger partial charge >= 0.3 is 0 Å². The van der Waals surface area contributed by atoms with Crippen molar-refractivity contribution < 1.29 is 14.7 Å². The summed E-state index contributed by atoms with van der Waals surface area (Å²) >= 11 is 11.9. The van der Waals surface area contributed by atoms with Crippen molar-refractivity contribution in [1.82, 2.24) is 0 Å². The second-order valence-electron chi connectivity index (χ2n) is 3.80. The lowest BCUT2D eigenvalue weighted by Crippen LogP contribution is -2.23. The Hall–Kier alpha value is -1.84. The molecule has 19 heavy (non-hydrogen) atoms. The maximum Gasteiger partial charge on any atom is 0.150 e. The molecule has 0 aromatic heterocycles. The van der Waals surface area contributed by atoms with Crippen molar-refractivity contribution in [2.75, 3.05) is 0 Å². The Balaban J connectivity index is 2.79. The second kappa shape index (κ2) is 5.43. The fourth-order valence-corrected chi connectivity index (χ4v) is 2.46. The number of carbonyl (C=O) groups is 2. The van der Waals surface area contributed by atoms with Crippen LogP contribution in [0.4, 0.5) is 0 Å². The summed E-state index contributed by atoms with van der Waals surface area (Å²) in [7, 11) is 0. The highest BCUT2D eigenvalue weighted by Gasteiger charge is 2.14. The first-order chi connectivity index (χ1) is 9.04. The van der Waals surface area contributed by atoms with Crippen LogP contribution < -0.4 is 5.11 Å². The first-order valence-electron chi connectivity index (χ1n) is 5.29. The average molecular weight is 294 g/mol. The maximum atomic E-state index is 11.1. The summed E-state index contributed by atoms with van der Waals surface area (Å²) in [6, 6.07) is 9.07. The molecule has 0 atom stereocenters. The lowest BCUT2D eigenvalue weighted by atomic mass is 9.96. The van der Waals surface area contributed by atoms with E-state index in [1.54, 1.807) is 18.2 Å². The van der Waals surface area contributed by atoms with Gasteiger partial charge in [0, 0.05) is 21.7 Å². The summed E-state index contributed by atoms with van der Waals surface area (Å²) in [5, 5.41) is 11.6. The molecule has 0 bridgehead atoms. The first kappa shape index (κ1) is 13.6. The van der Waals surface area contributed by atoms with Gasteiger partial charge in [0.05, 0.1) is 11.0 Å². The van der Waals surface area contributed by atoms with Gasteiger partial charge in [-0.1, -0.05) is 47.5 Å². The third-order valence-corrected chi connectivity index (χ3v) is 3.15. The Morgan fingerprint density at radius 2 is 1.84 bits per heavy atom.